The van der Waals surface area contributed by atoms with E-state index in [0.29, 0.717) is 21.7 Å². The van der Waals surface area contributed by atoms with Gasteiger partial charge in [0.15, 0.2) is 16.7 Å². The van der Waals surface area contributed by atoms with Crippen molar-refractivity contribution in [2.24, 2.45) is 10.9 Å². The second-order valence-corrected chi connectivity index (χ2v) is 8.59. The van der Waals surface area contributed by atoms with E-state index in [9.17, 15) is 22.8 Å². The number of aliphatic carboxylic acids is 1. The van der Waals surface area contributed by atoms with Gasteiger partial charge in [-0.05, 0) is 53.7 Å². The molecular weight excluding hydrogens is 487 g/mol. The number of carbonyl (C=O) groups excluding carboxylic acids is 1. The van der Waals surface area contributed by atoms with Crippen LogP contribution in [0.1, 0.15) is 16.7 Å². The molecule has 1 amide bonds. The molecule has 180 valence electrons. The Morgan fingerprint density at radius 3 is 2.57 bits per heavy atom. The summed E-state index contributed by atoms with van der Waals surface area (Å²) in [6.07, 6.45) is -3.19. The first-order chi connectivity index (χ1) is 16.6. The van der Waals surface area contributed by atoms with Crippen LogP contribution >= 0.6 is 11.8 Å². The second-order valence-electron chi connectivity index (χ2n) is 7.58. The standard InChI is InChI=1S/C23H16F3N3O5S/c1-33-18-7-12(8-19-20(30)28-22(35-19)29-10-14(11-29)21(31)32)2-5-17(18)34-16-4-3-13(9-27)6-15(16)23(24,25)26/h2-8,14H,10-11H2,1H3,(H,31,32). The normalized spacial score (nSPS) is 17.1. The molecule has 2 aliphatic rings. The van der Waals surface area contributed by atoms with Crippen LogP contribution in [0, 0.1) is 17.2 Å². The number of carbonyl (C=O) groups is 2. The Hall–Kier alpha value is -3.98. The molecule has 2 aromatic carbocycles. The monoisotopic (exact) mass is 503 g/mol. The van der Waals surface area contributed by atoms with Crippen molar-refractivity contribution < 1.29 is 37.3 Å². The maximum Gasteiger partial charge on any atom is 0.420 e. The lowest BCUT2D eigenvalue weighted by molar-refractivity contribution is -0.145. The van der Waals surface area contributed by atoms with Gasteiger partial charge in [0.25, 0.3) is 5.91 Å². The number of amidine groups is 1. The molecule has 0 bridgehead atoms. The van der Waals surface area contributed by atoms with Crippen LogP contribution in [-0.4, -0.2) is 47.2 Å². The summed E-state index contributed by atoms with van der Waals surface area (Å²) in [6, 6.07) is 9.09. The number of methoxy groups -OCH3 is 1. The molecule has 12 heteroatoms. The summed E-state index contributed by atoms with van der Waals surface area (Å²) in [5, 5.41) is 18.3. The van der Waals surface area contributed by atoms with Gasteiger partial charge in [-0.1, -0.05) is 6.07 Å². The van der Waals surface area contributed by atoms with Crippen LogP contribution in [0.25, 0.3) is 6.08 Å². The summed E-state index contributed by atoms with van der Waals surface area (Å²) >= 11 is 1.11. The first-order valence-corrected chi connectivity index (χ1v) is 10.9. The van der Waals surface area contributed by atoms with Gasteiger partial charge < -0.3 is 19.5 Å². The lowest BCUT2D eigenvalue weighted by Crippen LogP contribution is -2.51. The zero-order valence-corrected chi connectivity index (χ0v) is 18.8. The van der Waals surface area contributed by atoms with Crippen molar-refractivity contribution in [3.05, 3.63) is 58.0 Å². The summed E-state index contributed by atoms with van der Waals surface area (Å²) in [5.74, 6) is -2.23. The third kappa shape index (κ3) is 5.09. The Bertz CT molecular complexity index is 1310. The molecule has 1 N–H and O–H groups in total. The van der Waals surface area contributed by atoms with Crippen LogP contribution < -0.4 is 9.47 Å². The third-order valence-electron chi connectivity index (χ3n) is 5.23. The van der Waals surface area contributed by atoms with Crippen LogP contribution in [0.2, 0.25) is 0 Å². The Morgan fingerprint density at radius 2 is 1.94 bits per heavy atom. The highest BCUT2D eigenvalue weighted by Gasteiger charge is 2.38. The van der Waals surface area contributed by atoms with E-state index in [1.807, 2.05) is 0 Å². The Balaban J connectivity index is 1.53. The molecule has 0 aliphatic carbocycles. The first-order valence-electron chi connectivity index (χ1n) is 10.1. The molecule has 0 unspecified atom stereocenters. The highest BCUT2D eigenvalue weighted by molar-refractivity contribution is 8.18. The molecule has 2 heterocycles. The Morgan fingerprint density at radius 1 is 1.23 bits per heavy atom. The number of nitrogens with zero attached hydrogens (tertiary/aromatic N) is 3. The van der Waals surface area contributed by atoms with E-state index >= 15 is 0 Å². The van der Waals surface area contributed by atoms with Gasteiger partial charge in [-0.25, -0.2) is 0 Å². The number of hydrogen-bond donors (Lipinski definition) is 1. The number of likely N-dealkylation sites (tertiary alicyclic amines) is 1. The number of halogens is 3. The number of benzene rings is 2. The van der Waals surface area contributed by atoms with Crippen molar-refractivity contribution in [3.63, 3.8) is 0 Å². The summed E-state index contributed by atoms with van der Waals surface area (Å²) in [6.45, 7) is 0.549. The van der Waals surface area contributed by atoms with E-state index < -0.39 is 35.3 Å². The van der Waals surface area contributed by atoms with Crippen molar-refractivity contribution in [3.8, 4) is 23.3 Å². The molecule has 2 aromatic rings. The molecular formula is C23H16F3N3O5S. The van der Waals surface area contributed by atoms with Crippen molar-refractivity contribution >= 4 is 34.9 Å². The second kappa shape index (κ2) is 9.34. The smallest absolute Gasteiger partial charge is 0.420 e. The number of ether oxygens (including phenoxy) is 2. The van der Waals surface area contributed by atoms with Gasteiger partial charge >= 0.3 is 12.1 Å². The summed E-state index contributed by atoms with van der Waals surface area (Å²) in [7, 11) is 1.32. The number of carboxylic acids is 1. The zero-order valence-electron chi connectivity index (χ0n) is 18.0. The van der Waals surface area contributed by atoms with Gasteiger partial charge in [-0.2, -0.15) is 23.4 Å². The van der Waals surface area contributed by atoms with Gasteiger partial charge in [-0.3, -0.25) is 9.59 Å². The predicted octanol–water partition coefficient (Wildman–Crippen LogP) is 4.36. The average molecular weight is 503 g/mol. The quantitative estimate of drug-likeness (QED) is 0.599. The fourth-order valence-corrected chi connectivity index (χ4v) is 4.29. The molecule has 0 saturated carbocycles. The highest BCUT2D eigenvalue weighted by Crippen LogP contribution is 2.41. The van der Waals surface area contributed by atoms with Gasteiger partial charge in [0.05, 0.1) is 35.1 Å². The van der Waals surface area contributed by atoms with Crippen molar-refractivity contribution in [2.75, 3.05) is 20.2 Å². The van der Waals surface area contributed by atoms with Crippen LogP contribution in [0.3, 0.4) is 0 Å². The fourth-order valence-electron chi connectivity index (χ4n) is 3.36. The van der Waals surface area contributed by atoms with Crippen molar-refractivity contribution in [2.45, 2.75) is 6.18 Å². The van der Waals surface area contributed by atoms with Crippen molar-refractivity contribution in [1.29, 1.82) is 5.26 Å². The number of nitriles is 1. The molecule has 0 spiro atoms. The van der Waals surface area contributed by atoms with Crippen LogP contribution in [0.15, 0.2) is 46.3 Å². The summed E-state index contributed by atoms with van der Waals surface area (Å²) in [5.41, 5.74) is -0.737. The van der Waals surface area contributed by atoms with Crippen LogP contribution in [0.4, 0.5) is 13.2 Å². The lowest BCUT2D eigenvalue weighted by Gasteiger charge is -2.37. The largest absolute Gasteiger partial charge is 0.493 e. The van der Waals surface area contributed by atoms with E-state index in [1.54, 1.807) is 17.0 Å². The van der Waals surface area contributed by atoms with E-state index in [2.05, 4.69) is 4.99 Å². The number of hydrogen-bond acceptors (Lipinski definition) is 7. The number of thioether (sulfide) groups is 1. The Labute approximate surface area is 201 Å². The maximum absolute atomic E-state index is 13.5. The average Bonchev–Trinajstić information content (AvgIpc) is 3.12. The molecule has 0 radical (unpaired) electrons. The van der Waals surface area contributed by atoms with Gasteiger partial charge in [-0.15, -0.1) is 0 Å². The van der Waals surface area contributed by atoms with Gasteiger partial charge in [0, 0.05) is 13.1 Å². The minimum Gasteiger partial charge on any atom is -0.493 e. The summed E-state index contributed by atoms with van der Waals surface area (Å²) in [4.78, 5) is 29.2. The molecule has 1 saturated heterocycles. The topological polar surface area (TPSA) is 112 Å². The number of aliphatic imine (C=N–C) groups is 1. The van der Waals surface area contributed by atoms with E-state index in [-0.39, 0.29) is 30.2 Å². The van der Waals surface area contributed by atoms with Gasteiger partial charge in [0.1, 0.15) is 5.75 Å². The van der Waals surface area contributed by atoms with Crippen LogP contribution in [-0.2, 0) is 15.8 Å². The zero-order chi connectivity index (χ0) is 25.3. The van der Waals surface area contributed by atoms with E-state index in [4.69, 9.17) is 19.8 Å². The molecule has 1 fully saturated rings. The first kappa shape index (κ1) is 24.2. The molecule has 2 aliphatic heterocycles. The summed E-state index contributed by atoms with van der Waals surface area (Å²) < 4.78 is 51.1. The number of amides is 1. The number of alkyl halides is 3. The SMILES string of the molecule is COc1cc(C=C2SC(N3CC(C(=O)O)C3)=NC2=O)ccc1Oc1ccc(C#N)cc1C(F)(F)F. The maximum atomic E-state index is 13.5. The molecule has 0 atom stereocenters. The van der Waals surface area contributed by atoms with E-state index in [0.717, 1.165) is 17.8 Å². The molecule has 8 nitrogen and oxygen atoms in total. The predicted molar refractivity (Wildman–Crippen MR) is 120 cm³/mol. The third-order valence-corrected chi connectivity index (χ3v) is 6.27. The Kier molecular flexibility index (Phi) is 6.45. The van der Waals surface area contributed by atoms with Crippen molar-refractivity contribution in [1.82, 2.24) is 4.90 Å². The minimum atomic E-state index is -4.74. The van der Waals surface area contributed by atoms with Crippen LogP contribution in [0.5, 0.6) is 17.2 Å². The minimum absolute atomic E-state index is 0.00693. The highest BCUT2D eigenvalue weighted by atomic mass is 32.2. The molecule has 0 aromatic heterocycles. The molecule has 4 rings (SSSR count). The number of carboxylic acid groups (broad SMARTS) is 1. The van der Waals surface area contributed by atoms with Gasteiger partial charge in [0.2, 0.25) is 0 Å². The fraction of sp³-hybridized carbons (Fsp3) is 0.217. The lowest BCUT2D eigenvalue weighted by atomic mass is 10.0. The van der Waals surface area contributed by atoms with E-state index in [1.165, 1.54) is 31.4 Å². The number of rotatable bonds is 5. The molecule has 35 heavy (non-hydrogen) atoms.